The fraction of sp³-hybridized carbons (Fsp3) is 0.408. The molecule has 4 aliphatic rings. The van der Waals surface area contributed by atoms with Crippen LogP contribution in [0.4, 0.5) is 40.3 Å². The molecule has 13 rings (SSSR count). The third-order valence-corrected chi connectivity index (χ3v) is 18.9. The van der Waals surface area contributed by atoms with Gasteiger partial charge in [-0.3, -0.25) is 0 Å². The summed E-state index contributed by atoms with van der Waals surface area (Å²) in [5.41, 5.74) is 4.48. The van der Waals surface area contributed by atoms with Crippen molar-refractivity contribution in [1.82, 2.24) is 43.5 Å². The first-order valence-electron chi connectivity index (χ1n) is 32.6. The van der Waals surface area contributed by atoms with Gasteiger partial charge in [0.1, 0.15) is 65.7 Å². The van der Waals surface area contributed by atoms with E-state index in [1.54, 1.807) is 28.8 Å². The second-order valence-electron chi connectivity index (χ2n) is 25.3. The molecule has 95 heavy (non-hydrogen) atoms. The predicted octanol–water partition coefficient (Wildman–Crippen LogP) is 10.5. The van der Waals surface area contributed by atoms with Crippen LogP contribution in [0.2, 0.25) is 0 Å². The summed E-state index contributed by atoms with van der Waals surface area (Å²) >= 11 is 0. The zero-order valence-electron chi connectivity index (χ0n) is 54.1. The Bertz CT molecular complexity index is 4120. The van der Waals surface area contributed by atoms with Gasteiger partial charge in [-0.05, 0) is 156 Å². The lowest BCUT2D eigenvalue weighted by molar-refractivity contribution is -0.0206. The number of benzene rings is 6. The van der Waals surface area contributed by atoms with Crippen LogP contribution in [-0.2, 0) is 27.2 Å². The molecule has 0 radical (unpaired) electrons. The minimum absolute atomic E-state index is 0.0121. The van der Waals surface area contributed by atoms with Crippen molar-refractivity contribution in [3.8, 4) is 22.9 Å². The number of rotatable bonds is 21. The molecule has 0 aliphatic carbocycles. The quantitative estimate of drug-likeness (QED) is 0.0671. The number of aromatic nitrogens is 9. The Morgan fingerprint density at radius 2 is 0.968 bits per heavy atom. The summed E-state index contributed by atoms with van der Waals surface area (Å²) in [7, 11) is 0. The van der Waals surface area contributed by atoms with E-state index >= 15 is 0 Å². The first-order valence-corrected chi connectivity index (χ1v) is 32.6. The van der Waals surface area contributed by atoms with Gasteiger partial charge < -0.3 is 43.7 Å². The molecule has 0 amide bonds. The largest absolute Gasteiger partial charge is 0.493 e. The molecule has 1 N–H and O–H groups in total. The van der Waals surface area contributed by atoms with Gasteiger partial charge in [-0.2, -0.15) is 15.3 Å². The standard InChI is InChI=1S/C37H42F2N8O4.C34H39F2N5O3/c1-3-35(26(2)48)47-36(49)46(25-42-47)31-7-5-29(6-8-31)43-14-16-44(17-15-43)30-9-11-32(12-10-30)50-20-27-19-37(51-21-27,22-45-24-40-23-41-45)33-13-4-28(38)18-34(33)39;1-4-24(2)41-33(42)40(23-37-41)29-8-6-27(7-9-29)38-15-17-39(18-16-38)28-10-12-30(13-11-28)43-21-25-20-34(3,44-22-25)31-14-5-26(35)19-32(31)36/h4-13,18,23-27,35,48H,3,14-17,19-22H2,1-2H3;5-14,19,23-25H,4,15-18,20-22H2,1-3H3/t26-,27+,35-,37-;24-,25-,34-/m01/s1. The van der Waals surface area contributed by atoms with Crippen molar-refractivity contribution < 1.29 is 41.6 Å². The van der Waals surface area contributed by atoms with Crippen molar-refractivity contribution in [3.63, 3.8) is 0 Å². The predicted molar refractivity (Wildman–Crippen MR) is 354 cm³/mol. The Kier molecular flexibility index (Phi) is 19.9. The zero-order chi connectivity index (χ0) is 66.4. The Balaban J connectivity index is 0.000000184. The SMILES string of the molecule is CC[C@@H](C)n1ncn(-c2ccc(N3CCN(c4ccc(OC[C@@H]5CO[C@@](C)(c6ccc(F)cc6F)C5)cc4)CC3)cc2)c1=O.CC[C@@H]([C@H](C)O)n1ncn(-c2ccc(N3CCN(c4ccc(OC[C@@H]5CO[C@@](Cn6cncn6)(c6ccc(F)cc6F)C5)cc4)CC3)cc2)c1=O. The van der Waals surface area contributed by atoms with Gasteiger partial charge in [-0.25, -0.2) is 55.3 Å². The molecule has 7 atom stereocenters. The van der Waals surface area contributed by atoms with Crippen molar-refractivity contribution in [2.45, 2.75) is 96.2 Å². The van der Waals surface area contributed by atoms with Crippen LogP contribution < -0.4 is 40.5 Å². The van der Waals surface area contributed by atoms with Gasteiger partial charge in [0, 0.05) is 110 Å². The maximum absolute atomic E-state index is 15.0. The number of anilines is 4. The van der Waals surface area contributed by atoms with E-state index in [0.717, 1.165) is 117 Å². The van der Waals surface area contributed by atoms with E-state index in [9.17, 15) is 32.3 Å². The normalized spacial score (nSPS) is 20.7. The van der Waals surface area contributed by atoms with Crippen LogP contribution in [-0.4, -0.2) is 133 Å². The van der Waals surface area contributed by atoms with Crippen LogP contribution in [0.25, 0.3) is 11.4 Å². The van der Waals surface area contributed by atoms with E-state index in [1.165, 1.54) is 50.9 Å². The van der Waals surface area contributed by atoms with Crippen LogP contribution in [0.5, 0.6) is 11.5 Å². The van der Waals surface area contributed by atoms with Gasteiger partial charge in [0.25, 0.3) is 0 Å². The number of piperazine rings is 2. The molecular formula is C71H81F4N13O7. The first kappa shape index (κ1) is 65.8. The third kappa shape index (κ3) is 14.7. The van der Waals surface area contributed by atoms with Crippen molar-refractivity contribution in [2.24, 2.45) is 11.8 Å². The van der Waals surface area contributed by atoms with E-state index in [4.69, 9.17) is 18.9 Å². The van der Waals surface area contributed by atoms with Gasteiger partial charge in [-0.1, -0.05) is 26.0 Å². The molecule has 4 aliphatic heterocycles. The molecule has 0 saturated carbocycles. The van der Waals surface area contributed by atoms with Crippen LogP contribution in [0.1, 0.15) is 83.5 Å². The summed E-state index contributed by atoms with van der Waals surface area (Å²) in [5, 5.41) is 22.8. The highest BCUT2D eigenvalue weighted by Gasteiger charge is 2.45. The number of ether oxygens (including phenoxy) is 4. The number of nitrogens with zero attached hydrogens (tertiary/aromatic N) is 13. The summed E-state index contributed by atoms with van der Waals surface area (Å²) in [4.78, 5) is 39.1. The van der Waals surface area contributed by atoms with E-state index in [-0.39, 0.29) is 41.8 Å². The van der Waals surface area contributed by atoms with Crippen LogP contribution in [0, 0.1) is 35.1 Å². The van der Waals surface area contributed by atoms with Gasteiger partial charge in [0.15, 0.2) is 0 Å². The monoisotopic (exact) mass is 1300 g/mol. The molecular weight excluding hydrogens is 1220 g/mol. The number of aliphatic hydroxyl groups excluding tert-OH is 1. The fourth-order valence-electron chi connectivity index (χ4n) is 13.4. The molecule has 9 aromatic rings. The van der Waals surface area contributed by atoms with E-state index in [0.29, 0.717) is 56.8 Å². The lowest BCUT2D eigenvalue weighted by atomic mass is 9.87. The number of aliphatic hydroxyl groups is 1. The Hall–Kier alpha value is -9.26. The minimum Gasteiger partial charge on any atom is -0.493 e. The average molecular weight is 1300 g/mol. The second kappa shape index (κ2) is 28.8. The Labute approximate surface area is 549 Å². The summed E-state index contributed by atoms with van der Waals surface area (Å²) < 4.78 is 88.4. The summed E-state index contributed by atoms with van der Waals surface area (Å²) in [6, 6.07) is 39.1. The lowest BCUT2D eigenvalue weighted by Crippen LogP contribution is -2.46. The molecule has 4 fully saturated rings. The highest BCUT2D eigenvalue weighted by molar-refractivity contribution is 5.57. The number of halogens is 4. The molecule has 0 spiro atoms. The Morgan fingerprint density at radius 1 is 0.537 bits per heavy atom. The highest BCUT2D eigenvalue weighted by atomic mass is 19.1. The summed E-state index contributed by atoms with van der Waals surface area (Å²) in [6.45, 7) is 18.3. The minimum atomic E-state index is -1.02. The van der Waals surface area contributed by atoms with Crippen LogP contribution in [0.15, 0.2) is 168 Å². The molecule has 500 valence electrons. The average Bonchev–Trinajstić information content (AvgIpc) is 1.70. The zero-order valence-corrected chi connectivity index (χ0v) is 54.1. The number of hydrogen-bond acceptors (Lipinski definition) is 15. The van der Waals surface area contributed by atoms with Crippen LogP contribution >= 0.6 is 0 Å². The molecule has 24 heteroatoms. The highest BCUT2D eigenvalue weighted by Crippen LogP contribution is 2.43. The van der Waals surface area contributed by atoms with Gasteiger partial charge in [0.05, 0.1) is 68.1 Å². The van der Waals surface area contributed by atoms with Crippen molar-refractivity contribution in [2.75, 3.05) is 98.4 Å². The maximum atomic E-state index is 15.0. The van der Waals surface area contributed by atoms with Gasteiger partial charge >= 0.3 is 11.4 Å². The lowest BCUT2D eigenvalue weighted by Gasteiger charge is -2.37. The smallest absolute Gasteiger partial charge is 0.350 e. The van der Waals surface area contributed by atoms with E-state index < -0.39 is 40.6 Å². The molecule has 7 heterocycles. The Morgan fingerprint density at radius 3 is 1.41 bits per heavy atom. The second-order valence-corrected chi connectivity index (χ2v) is 25.3. The van der Waals surface area contributed by atoms with Gasteiger partial charge in [0.2, 0.25) is 0 Å². The van der Waals surface area contributed by atoms with Gasteiger partial charge in [-0.15, -0.1) is 0 Å². The first-order chi connectivity index (χ1) is 46.0. The molecule has 0 unspecified atom stereocenters. The molecule has 3 aromatic heterocycles. The van der Waals surface area contributed by atoms with E-state index in [1.807, 2.05) is 88.4 Å². The molecule has 4 saturated heterocycles. The van der Waals surface area contributed by atoms with Crippen molar-refractivity contribution in [1.29, 1.82) is 0 Å². The van der Waals surface area contributed by atoms with Crippen molar-refractivity contribution in [3.05, 3.63) is 214 Å². The maximum Gasteiger partial charge on any atom is 0.350 e. The third-order valence-electron chi connectivity index (χ3n) is 18.9. The van der Waals surface area contributed by atoms with E-state index in [2.05, 4.69) is 76.3 Å². The van der Waals surface area contributed by atoms with Crippen molar-refractivity contribution >= 4 is 22.7 Å². The number of hydrogen-bond donors (Lipinski definition) is 1. The molecule has 20 nitrogen and oxygen atoms in total. The summed E-state index contributed by atoms with van der Waals surface area (Å²) in [5.74, 6) is -0.849. The van der Waals surface area contributed by atoms with Crippen LogP contribution in [0.3, 0.4) is 0 Å². The molecule has 6 aromatic carbocycles. The summed E-state index contributed by atoms with van der Waals surface area (Å²) in [6.07, 6.45) is 7.92. The topological polar surface area (TPSA) is 180 Å². The fourth-order valence-corrected chi connectivity index (χ4v) is 13.4. The molecule has 0 bridgehead atoms.